The molecule has 0 aliphatic rings. The van der Waals surface area contributed by atoms with Gasteiger partial charge in [0.25, 0.3) is 0 Å². The Morgan fingerprint density at radius 2 is 1.73 bits per heavy atom. The van der Waals surface area contributed by atoms with E-state index in [9.17, 15) is 4.79 Å². The molecular formula is C22H20ClN5OS. The Kier molecular flexibility index (Phi) is 5.74. The Morgan fingerprint density at radius 3 is 2.43 bits per heavy atom. The van der Waals surface area contributed by atoms with E-state index in [1.54, 1.807) is 16.6 Å². The maximum atomic E-state index is 12.5. The average molecular weight is 438 g/mol. The van der Waals surface area contributed by atoms with E-state index in [-0.39, 0.29) is 11.7 Å². The van der Waals surface area contributed by atoms with Gasteiger partial charge < -0.3 is 5.32 Å². The third-order valence-electron chi connectivity index (χ3n) is 4.63. The summed E-state index contributed by atoms with van der Waals surface area (Å²) in [6.45, 7) is 6.05. The second kappa shape index (κ2) is 8.45. The van der Waals surface area contributed by atoms with Gasteiger partial charge in [0.15, 0.2) is 11.5 Å². The van der Waals surface area contributed by atoms with Gasteiger partial charge in [-0.05, 0) is 68.3 Å². The number of rotatable bonds is 5. The first-order valence-corrected chi connectivity index (χ1v) is 10.8. The number of benzene rings is 2. The fourth-order valence-corrected chi connectivity index (χ4v) is 4.10. The molecule has 0 atom stereocenters. The van der Waals surface area contributed by atoms with Crippen LogP contribution >= 0.6 is 23.4 Å². The van der Waals surface area contributed by atoms with E-state index in [2.05, 4.69) is 32.7 Å². The molecule has 30 heavy (non-hydrogen) atoms. The molecule has 1 amide bonds. The van der Waals surface area contributed by atoms with Crippen LogP contribution in [0.1, 0.15) is 16.7 Å². The highest BCUT2D eigenvalue weighted by atomic mass is 35.5. The molecule has 2 heterocycles. The van der Waals surface area contributed by atoms with Crippen LogP contribution in [0.2, 0.25) is 5.02 Å². The number of carbonyl (C=O) groups is 1. The molecule has 4 rings (SSSR count). The Labute approximate surface area is 183 Å². The van der Waals surface area contributed by atoms with Gasteiger partial charge in [-0.2, -0.15) is 9.61 Å². The molecule has 0 bridgehead atoms. The van der Waals surface area contributed by atoms with E-state index >= 15 is 0 Å². The van der Waals surface area contributed by atoms with Crippen molar-refractivity contribution in [1.82, 2.24) is 19.8 Å². The molecule has 0 unspecified atom stereocenters. The van der Waals surface area contributed by atoms with E-state index in [1.807, 2.05) is 45.0 Å². The zero-order chi connectivity index (χ0) is 21.3. The van der Waals surface area contributed by atoms with Crippen LogP contribution in [0.4, 0.5) is 5.69 Å². The third-order valence-corrected chi connectivity index (χ3v) is 5.81. The predicted octanol–water partition coefficient (Wildman–Crippen LogP) is 5.10. The summed E-state index contributed by atoms with van der Waals surface area (Å²) in [6.07, 6.45) is 0. The monoisotopic (exact) mass is 437 g/mol. The van der Waals surface area contributed by atoms with Crippen LogP contribution in [-0.2, 0) is 4.79 Å². The van der Waals surface area contributed by atoms with E-state index < -0.39 is 0 Å². The van der Waals surface area contributed by atoms with Crippen LogP contribution in [0.15, 0.2) is 53.6 Å². The Balaban J connectivity index is 1.50. The maximum Gasteiger partial charge on any atom is 0.234 e. The molecule has 6 nitrogen and oxygen atoms in total. The van der Waals surface area contributed by atoms with E-state index in [4.69, 9.17) is 11.6 Å². The molecule has 1 N–H and O–H groups in total. The lowest BCUT2D eigenvalue weighted by Gasteiger charge is -2.12. The predicted molar refractivity (Wildman–Crippen MR) is 121 cm³/mol. The van der Waals surface area contributed by atoms with E-state index in [1.165, 1.54) is 17.3 Å². The van der Waals surface area contributed by atoms with Gasteiger partial charge in [0.05, 0.1) is 5.75 Å². The van der Waals surface area contributed by atoms with Crippen molar-refractivity contribution in [1.29, 1.82) is 0 Å². The summed E-state index contributed by atoms with van der Waals surface area (Å²) in [4.78, 5) is 12.5. The van der Waals surface area contributed by atoms with Gasteiger partial charge >= 0.3 is 0 Å². The summed E-state index contributed by atoms with van der Waals surface area (Å²) in [7, 11) is 0. The number of aryl methyl sites for hydroxylation is 3. The lowest BCUT2D eigenvalue weighted by Crippen LogP contribution is -2.16. The second-order valence-electron chi connectivity index (χ2n) is 7.08. The molecule has 0 aliphatic heterocycles. The number of halogens is 1. The lowest BCUT2D eigenvalue weighted by atomic mass is 10.1. The summed E-state index contributed by atoms with van der Waals surface area (Å²) in [5.41, 5.74) is 5.67. The zero-order valence-electron chi connectivity index (χ0n) is 16.8. The van der Waals surface area contributed by atoms with E-state index in [0.717, 1.165) is 22.4 Å². The molecule has 4 aromatic rings. The zero-order valence-corrected chi connectivity index (χ0v) is 18.4. The molecule has 0 aliphatic carbocycles. The Morgan fingerprint density at radius 1 is 1.03 bits per heavy atom. The molecule has 152 valence electrons. The van der Waals surface area contributed by atoms with Crippen molar-refractivity contribution in [3.63, 3.8) is 0 Å². The Bertz CT molecular complexity index is 1210. The largest absolute Gasteiger partial charge is 0.325 e. The topological polar surface area (TPSA) is 72.2 Å². The highest BCUT2D eigenvalue weighted by Crippen LogP contribution is 2.24. The van der Waals surface area contributed by atoms with Crippen LogP contribution < -0.4 is 5.32 Å². The Hall–Kier alpha value is -2.90. The van der Waals surface area contributed by atoms with Gasteiger partial charge in [0.2, 0.25) is 5.91 Å². The van der Waals surface area contributed by atoms with Crippen molar-refractivity contribution < 1.29 is 4.79 Å². The number of nitrogens with zero attached hydrogens (tertiary/aromatic N) is 4. The summed E-state index contributed by atoms with van der Waals surface area (Å²) in [6, 6.07) is 15.2. The number of thioether (sulfide) groups is 1. The summed E-state index contributed by atoms with van der Waals surface area (Å²) in [5.74, 6) is 0.807. The van der Waals surface area contributed by atoms with Crippen LogP contribution in [-0.4, -0.2) is 31.5 Å². The number of fused-ring (bicyclic) bond motifs is 1. The number of nitrogens with one attached hydrogen (secondary N) is 1. The van der Waals surface area contributed by atoms with Crippen molar-refractivity contribution in [3.8, 4) is 11.4 Å². The number of amides is 1. The first-order chi connectivity index (χ1) is 14.4. The van der Waals surface area contributed by atoms with Gasteiger partial charge in [0.1, 0.15) is 5.03 Å². The minimum Gasteiger partial charge on any atom is -0.325 e. The molecule has 0 radical (unpaired) electrons. The lowest BCUT2D eigenvalue weighted by molar-refractivity contribution is -0.113. The van der Waals surface area contributed by atoms with Crippen molar-refractivity contribution in [3.05, 3.63) is 70.2 Å². The van der Waals surface area contributed by atoms with Gasteiger partial charge in [-0.15, -0.1) is 10.2 Å². The molecule has 8 heteroatoms. The number of carbonyl (C=O) groups excluding carboxylic acids is 1. The van der Waals surface area contributed by atoms with Crippen molar-refractivity contribution in [2.45, 2.75) is 25.8 Å². The minimum atomic E-state index is -0.0707. The molecule has 0 saturated carbocycles. The third kappa shape index (κ3) is 4.32. The van der Waals surface area contributed by atoms with Gasteiger partial charge in [-0.1, -0.05) is 41.1 Å². The van der Waals surface area contributed by atoms with Crippen LogP contribution in [0.5, 0.6) is 0 Å². The van der Waals surface area contributed by atoms with Crippen LogP contribution in [0.25, 0.3) is 17.0 Å². The number of hydrogen-bond acceptors (Lipinski definition) is 5. The SMILES string of the molecule is Cc1cc(C)c(NC(=O)CSc2ccc3nnc(-c4ccc(Cl)cc4)n3n2)c(C)c1. The number of aromatic nitrogens is 4. The maximum absolute atomic E-state index is 12.5. The fourth-order valence-electron chi connectivity index (χ4n) is 3.32. The second-order valence-corrected chi connectivity index (χ2v) is 8.51. The summed E-state index contributed by atoms with van der Waals surface area (Å²) < 4.78 is 1.68. The first-order valence-electron chi connectivity index (χ1n) is 9.39. The average Bonchev–Trinajstić information content (AvgIpc) is 3.13. The minimum absolute atomic E-state index is 0.0707. The number of anilines is 1. The van der Waals surface area contributed by atoms with Crippen LogP contribution in [0, 0.1) is 20.8 Å². The summed E-state index contributed by atoms with van der Waals surface area (Å²) >= 11 is 7.34. The highest BCUT2D eigenvalue weighted by Gasteiger charge is 2.12. The van der Waals surface area contributed by atoms with Gasteiger partial charge in [-0.3, -0.25) is 4.79 Å². The van der Waals surface area contributed by atoms with Crippen molar-refractivity contribution in [2.75, 3.05) is 11.1 Å². The number of hydrogen-bond donors (Lipinski definition) is 1. The van der Waals surface area contributed by atoms with Crippen LogP contribution in [0.3, 0.4) is 0 Å². The molecule has 2 aromatic carbocycles. The molecule has 0 spiro atoms. The first kappa shape index (κ1) is 20.4. The van der Waals surface area contributed by atoms with Gasteiger partial charge in [0, 0.05) is 16.3 Å². The quantitative estimate of drug-likeness (QED) is 0.440. The van der Waals surface area contributed by atoms with E-state index in [0.29, 0.717) is 21.5 Å². The highest BCUT2D eigenvalue weighted by molar-refractivity contribution is 7.99. The molecule has 0 fully saturated rings. The van der Waals surface area contributed by atoms with Crippen molar-refractivity contribution in [2.24, 2.45) is 0 Å². The molecular weight excluding hydrogens is 418 g/mol. The smallest absolute Gasteiger partial charge is 0.234 e. The normalized spacial score (nSPS) is 11.1. The molecule has 2 aromatic heterocycles. The fraction of sp³-hybridized carbons (Fsp3) is 0.182. The standard InChI is InChI=1S/C22H20ClN5OS/c1-13-10-14(2)21(15(3)11-13)24-19(29)12-30-20-9-8-18-25-26-22(28(18)27-20)16-4-6-17(23)7-5-16/h4-11H,12H2,1-3H3,(H,24,29). The van der Waals surface area contributed by atoms with Crippen molar-refractivity contribution >= 4 is 40.6 Å². The summed E-state index contributed by atoms with van der Waals surface area (Å²) in [5, 5.41) is 17.4. The van der Waals surface area contributed by atoms with Gasteiger partial charge in [-0.25, -0.2) is 0 Å². The molecule has 0 saturated heterocycles.